The van der Waals surface area contributed by atoms with Crippen molar-refractivity contribution in [3.05, 3.63) is 59.1 Å². The first-order valence-corrected chi connectivity index (χ1v) is 12.4. The molecule has 170 valence electrons. The van der Waals surface area contributed by atoms with Crippen LogP contribution in [0.4, 0.5) is 20.9 Å². The molecule has 3 aromatic rings. The summed E-state index contributed by atoms with van der Waals surface area (Å²) in [5, 5.41) is 0.295. The van der Waals surface area contributed by atoms with Gasteiger partial charge in [0.15, 0.2) is 0 Å². The van der Waals surface area contributed by atoms with Crippen LogP contribution in [0, 0.1) is 5.82 Å². The number of amides is 1. The fraction of sp³-hybridized carbons (Fsp3) is 0.250. The van der Waals surface area contributed by atoms with Crippen LogP contribution in [-0.2, 0) is 21.2 Å². The highest BCUT2D eigenvalue weighted by atomic mass is 35.5. The molecule has 32 heavy (non-hydrogen) atoms. The first-order chi connectivity index (χ1) is 15.3. The molecule has 1 fully saturated rings. The first-order valence-electron chi connectivity index (χ1n) is 9.79. The number of hydrogen-bond acceptors (Lipinski definition) is 7. The van der Waals surface area contributed by atoms with Gasteiger partial charge in [-0.15, -0.1) is 0 Å². The van der Waals surface area contributed by atoms with Crippen molar-refractivity contribution in [1.82, 2.24) is 9.36 Å². The van der Waals surface area contributed by atoms with Crippen LogP contribution in [0.3, 0.4) is 0 Å². The van der Waals surface area contributed by atoms with Gasteiger partial charge in [0.05, 0.1) is 9.92 Å². The minimum atomic E-state index is -3.80. The van der Waals surface area contributed by atoms with E-state index in [2.05, 4.69) is 14.1 Å². The number of nitrogens with one attached hydrogen (secondary N) is 1. The smallest absolute Gasteiger partial charge is 0.263 e. The third-order valence-corrected chi connectivity index (χ3v) is 8.15. The fourth-order valence-corrected chi connectivity index (χ4v) is 6.09. The van der Waals surface area contributed by atoms with Crippen molar-refractivity contribution in [3.63, 3.8) is 0 Å². The number of nitrogens with zero attached hydrogens (tertiary/aromatic N) is 4. The maximum atomic E-state index is 13.8. The van der Waals surface area contributed by atoms with Crippen molar-refractivity contribution < 1.29 is 20.5 Å². The Bertz CT molecular complexity index is 1300. The quantitative estimate of drug-likeness (QED) is 0.576. The van der Waals surface area contributed by atoms with E-state index in [4.69, 9.17) is 11.6 Å². The zero-order chi connectivity index (χ0) is 22.5. The maximum Gasteiger partial charge on any atom is 0.263 e. The molecule has 1 atom stereocenters. The van der Waals surface area contributed by atoms with Gasteiger partial charge in [0, 0.05) is 38.9 Å². The number of anilines is 3. The standard InChI is InChI=1S/C20H17ClFN5O3S2.2H2/c21-18-14-7-9-27(16(14)6-5-15(18)22)17-8-10-26(19(17)28)12-1-3-13(4-2-12)32(29,30)25-20-23-11-24-31-20;;/h1-6,11,17H,7-10H2,(H,23,24,25);2*1H/t17-;;/m0../s1. The molecule has 0 aliphatic carbocycles. The molecule has 1 amide bonds. The predicted molar refractivity (Wildman–Crippen MR) is 125 cm³/mol. The third-order valence-electron chi connectivity index (χ3n) is 5.68. The number of fused-ring (bicyclic) bond motifs is 1. The average Bonchev–Trinajstić information content (AvgIpc) is 3.51. The van der Waals surface area contributed by atoms with E-state index in [1.54, 1.807) is 23.1 Å². The molecule has 2 aromatic carbocycles. The van der Waals surface area contributed by atoms with E-state index >= 15 is 0 Å². The van der Waals surface area contributed by atoms with E-state index in [0.29, 0.717) is 31.6 Å². The highest BCUT2D eigenvalue weighted by Crippen LogP contribution is 2.38. The summed E-state index contributed by atoms with van der Waals surface area (Å²) < 4.78 is 44.9. The van der Waals surface area contributed by atoms with Gasteiger partial charge < -0.3 is 9.80 Å². The van der Waals surface area contributed by atoms with Gasteiger partial charge in [-0.05, 0) is 54.8 Å². The maximum absolute atomic E-state index is 13.8. The van der Waals surface area contributed by atoms with Gasteiger partial charge in [-0.2, -0.15) is 4.37 Å². The molecule has 8 nitrogen and oxygen atoms in total. The second-order valence-corrected chi connectivity index (χ2v) is 10.3. The number of benzene rings is 2. The molecule has 1 saturated heterocycles. The van der Waals surface area contributed by atoms with Gasteiger partial charge in [-0.1, -0.05) is 11.6 Å². The van der Waals surface area contributed by atoms with Gasteiger partial charge in [0.2, 0.25) is 11.0 Å². The fourth-order valence-electron chi connectivity index (χ4n) is 4.17. The molecule has 0 saturated carbocycles. The van der Waals surface area contributed by atoms with Crippen LogP contribution in [0.15, 0.2) is 47.6 Å². The van der Waals surface area contributed by atoms with E-state index < -0.39 is 15.8 Å². The largest absolute Gasteiger partial charge is 0.359 e. The van der Waals surface area contributed by atoms with Crippen molar-refractivity contribution in [1.29, 1.82) is 0 Å². The third kappa shape index (κ3) is 3.59. The van der Waals surface area contributed by atoms with Gasteiger partial charge in [-0.3, -0.25) is 9.52 Å². The summed E-state index contributed by atoms with van der Waals surface area (Å²) in [6.45, 7) is 1.09. The van der Waals surface area contributed by atoms with Crippen LogP contribution in [0.5, 0.6) is 0 Å². The zero-order valence-electron chi connectivity index (χ0n) is 16.5. The molecule has 2 aliphatic heterocycles. The Labute approximate surface area is 195 Å². The minimum Gasteiger partial charge on any atom is -0.359 e. The van der Waals surface area contributed by atoms with Gasteiger partial charge in [0.1, 0.15) is 18.2 Å². The van der Waals surface area contributed by atoms with E-state index in [9.17, 15) is 17.6 Å². The number of carbonyl (C=O) groups excluding carboxylic acids is 1. The lowest BCUT2D eigenvalue weighted by atomic mass is 10.1. The normalized spacial score (nSPS) is 18.3. The topological polar surface area (TPSA) is 95.5 Å². The van der Waals surface area contributed by atoms with Crippen LogP contribution < -0.4 is 14.5 Å². The van der Waals surface area contributed by atoms with Crippen LogP contribution in [-0.4, -0.2) is 42.8 Å². The van der Waals surface area contributed by atoms with Gasteiger partial charge in [0.25, 0.3) is 10.0 Å². The van der Waals surface area contributed by atoms with Crippen molar-refractivity contribution in [2.24, 2.45) is 0 Å². The lowest BCUT2D eigenvalue weighted by Crippen LogP contribution is -2.41. The van der Waals surface area contributed by atoms with Crippen LogP contribution in [0.25, 0.3) is 0 Å². The monoisotopic (exact) mass is 497 g/mol. The highest BCUT2D eigenvalue weighted by Gasteiger charge is 2.39. The van der Waals surface area contributed by atoms with Crippen molar-refractivity contribution in [2.75, 3.05) is 27.6 Å². The molecule has 2 aliphatic rings. The molecule has 0 radical (unpaired) electrons. The summed E-state index contributed by atoms with van der Waals surface area (Å²) in [5.74, 6) is -0.539. The number of rotatable bonds is 5. The Hall–Kier alpha value is -2.76. The Kier molecular flexibility index (Phi) is 5.26. The first kappa shape index (κ1) is 21.1. The van der Waals surface area contributed by atoms with E-state index in [1.807, 2.05) is 4.90 Å². The lowest BCUT2D eigenvalue weighted by molar-refractivity contribution is -0.118. The Morgan fingerprint density at radius 3 is 2.69 bits per heavy atom. The molecule has 5 rings (SSSR count). The summed E-state index contributed by atoms with van der Waals surface area (Å²) in [4.78, 5) is 20.7. The van der Waals surface area contributed by atoms with Crippen LogP contribution in [0.2, 0.25) is 5.02 Å². The Morgan fingerprint density at radius 2 is 1.97 bits per heavy atom. The second-order valence-electron chi connectivity index (χ2n) is 7.44. The molecular formula is C20H21ClFN5O3S2. The van der Waals surface area contributed by atoms with Crippen molar-refractivity contribution >= 4 is 55.6 Å². The summed E-state index contributed by atoms with van der Waals surface area (Å²) >= 11 is 7.05. The Morgan fingerprint density at radius 1 is 1.19 bits per heavy atom. The number of aromatic nitrogens is 2. The highest BCUT2D eigenvalue weighted by molar-refractivity contribution is 7.93. The van der Waals surface area contributed by atoms with E-state index in [-0.39, 0.29) is 29.9 Å². The predicted octanol–water partition coefficient (Wildman–Crippen LogP) is 3.79. The second kappa shape index (κ2) is 7.98. The van der Waals surface area contributed by atoms with Gasteiger partial charge in [-0.25, -0.2) is 17.8 Å². The zero-order valence-corrected chi connectivity index (χ0v) is 18.9. The number of sulfonamides is 1. The summed E-state index contributed by atoms with van der Waals surface area (Å²) in [5.41, 5.74) is 2.14. The minimum absolute atomic E-state index is 0. The lowest BCUT2D eigenvalue weighted by Gasteiger charge is -2.26. The number of halogens is 2. The number of hydrogen-bond donors (Lipinski definition) is 1. The summed E-state index contributed by atoms with van der Waals surface area (Å²) in [6.07, 6.45) is 2.46. The van der Waals surface area contributed by atoms with Crippen LogP contribution in [0.1, 0.15) is 14.8 Å². The average molecular weight is 498 g/mol. The number of carbonyl (C=O) groups is 1. The van der Waals surface area contributed by atoms with E-state index in [1.165, 1.54) is 24.5 Å². The molecule has 0 bridgehead atoms. The molecule has 1 aromatic heterocycles. The van der Waals surface area contributed by atoms with Crippen molar-refractivity contribution in [3.8, 4) is 0 Å². The van der Waals surface area contributed by atoms with Crippen LogP contribution >= 0.6 is 23.1 Å². The van der Waals surface area contributed by atoms with E-state index in [0.717, 1.165) is 22.8 Å². The molecule has 3 heterocycles. The molecule has 0 spiro atoms. The molecule has 0 unspecified atom stereocenters. The summed E-state index contributed by atoms with van der Waals surface area (Å²) in [7, 11) is -3.80. The van der Waals surface area contributed by atoms with Crippen molar-refractivity contribution in [2.45, 2.75) is 23.8 Å². The summed E-state index contributed by atoms with van der Waals surface area (Å²) in [6, 6.07) is 8.74. The Balaban J connectivity index is 0.00000162. The molecular weight excluding hydrogens is 477 g/mol. The molecule has 12 heteroatoms. The SMILES string of the molecule is O=C1[C@@H](N2CCc3c2ccc(F)c3Cl)CCN1c1ccc(S(=O)(=O)Nc2ncns2)cc1.[HH].[HH]. The molecule has 1 N–H and O–H groups in total. The van der Waals surface area contributed by atoms with Gasteiger partial charge >= 0.3 is 0 Å².